The van der Waals surface area contributed by atoms with Crippen molar-refractivity contribution in [1.29, 1.82) is 0 Å². The molecule has 0 spiro atoms. The van der Waals surface area contributed by atoms with E-state index in [4.69, 9.17) is 30.7 Å². The van der Waals surface area contributed by atoms with Gasteiger partial charge in [0.15, 0.2) is 5.76 Å². The summed E-state index contributed by atoms with van der Waals surface area (Å²) in [6.45, 7) is 4.33. The zero-order valence-electron chi connectivity index (χ0n) is 25.4. The Morgan fingerprint density at radius 1 is 1.02 bits per heavy atom. The van der Waals surface area contributed by atoms with Gasteiger partial charge in [-0.1, -0.05) is 23.7 Å². The molecule has 44 heavy (non-hydrogen) atoms. The van der Waals surface area contributed by atoms with Crippen LogP contribution in [0.3, 0.4) is 0 Å². The van der Waals surface area contributed by atoms with Crippen molar-refractivity contribution in [2.45, 2.75) is 44.4 Å². The quantitative estimate of drug-likeness (QED) is 0.182. The summed E-state index contributed by atoms with van der Waals surface area (Å²) in [7, 11) is -0.181. The number of anilines is 2. The van der Waals surface area contributed by atoms with Crippen molar-refractivity contribution >= 4 is 50.3 Å². The molecule has 1 fully saturated rings. The minimum atomic E-state index is -4.12. The number of aryl methyl sites for hydroxylation is 1. The van der Waals surface area contributed by atoms with Crippen LogP contribution in [-0.2, 0) is 14.8 Å². The number of halogens is 1. The van der Waals surface area contributed by atoms with Crippen LogP contribution in [-0.4, -0.2) is 58.1 Å². The van der Waals surface area contributed by atoms with E-state index in [2.05, 4.69) is 10.0 Å². The molecule has 1 aliphatic carbocycles. The second kappa shape index (κ2) is 13.5. The lowest BCUT2D eigenvalue weighted by Gasteiger charge is -2.29. The van der Waals surface area contributed by atoms with Crippen LogP contribution in [0.1, 0.15) is 48.7 Å². The molecule has 10 nitrogen and oxygen atoms in total. The Labute approximate surface area is 263 Å². The van der Waals surface area contributed by atoms with E-state index in [0.29, 0.717) is 22.5 Å². The highest BCUT2D eigenvalue weighted by molar-refractivity contribution is 7.89. The van der Waals surface area contributed by atoms with Crippen LogP contribution in [0.2, 0.25) is 5.02 Å². The Balaban J connectivity index is 1.23. The van der Waals surface area contributed by atoms with Gasteiger partial charge in [0.1, 0.15) is 22.0 Å². The zero-order chi connectivity index (χ0) is 31.4. The van der Waals surface area contributed by atoms with Crippen LogP contribution in [0.15, 0.2) is 57.8 Å². The molecule has 0 amide bonds. The topological polar surface area (TPSA) is 127 Å². The zero-order valence-corrected chi connectivity index (χ0v) is 27.0. The number of hydrogen-bond acceptors (Lipinski definition) is 9. The Kier molecular flexibility index (Phi) is 9.77. The molecule has 2 aromatic carbocycles. The SMILES string of the molecule is CCOC(=O)c1c(C)oc(-c2ccc(Cl)cc2)c1S(=O)(=O)NC[C@H]1CC[C@H](CNc2nc(N(C)C)c3ccccc3n2)CC1. The van der Waals surface area contributed by atoms with Crippen LogP contribution in [0.5, 0.6) is 0 Å². The van der Waals surface area contributed by atoms with Gasteiger partial charge in [-0.05, 0) is 87.8 Å². The first-order chi connectivity index (χ1) is 21.1. The van der Waals surface area contributed by atoms with Gasteiger partial charge in [0, 0.05) is 43.2 Å². The minimum absolute atomic E-state index is 0.0813. The number of hydrogen-bond donors (Lipinski definition) is 2. The van der Waals surface area contributed by atoms with E-state index in [9.17, 15) is 13.2 Å². The molecule has 1 aliphatic rings. The van der Waals surface area contributed by atoms with E-state index in [0.717, 1.165) is 48.9 Å². The lowest BCUT2D eigenvalue weighted by atomic mass is 9.82. The number of fused-ring (bicyclic) bond motifs is 1. The van der Waals surface area contributed by atoms with Gasteiger partial charge in [0.2, 0.25) is 16.0 Å². The number of esters is 1. The molecule has 12 heteroatoms. The van der Waals surface area contributed by atoms with Crippen molar-refractivity contribution < 1.29 is 22.4 Å². The lowest BCUT2D eigenvalue weighted by Crippen LogP contribution is -2.33. The van der Waals surface area contributed by atoms with E-state index in [1.165, 1.54) is 0 Å². The van der Waals surface area contributed by atoms with E-state index in [1.807, 2.05) is 43.3 Å². The first-order valence-electron chi connectivity index (χ1n) is 14.8. The molecule has 0 bridgehead atoms. The first kappa shape index (κ1) is 31.7. The van der Waals surface area contributed by atoms with Crippen LogP contribution in [0, 0.1) is 18.8 Å². The summed E-state index contributed by atoms with van der Waals surface area (Å²) < 4.78 is 41.3. The van der Waals surface area contributed by atoms with Crippen molar-refractivity contribution in [3.05, 3.63) is 64.9 Å². The fourth-order valence-electron chi connectivity index (χ4n) is 5.67. The summed E-state index contributed by atoms with van der Waals surface area (Å²) in [4.78, 5) is 24.0. The van der Waals surface area contributed by atoms with Crippen LogP contribution < -0.4 is 14.9 Å². The van der Waals surface area contributed by atoms with Gasteiger partial charge in [-0.3, -0.25) is 0 Å². The summed E-state index contributed by atoms with van der Waals surface area (Å²) in [5.74, 6) is 1.57. The highest BCUT2D eigenvalue weighted by Crippen LogP contribution is 2.37. The molecule has 0 aliphatic heterocycles. The molecular weight excluding hydrogens is 602 g/mol. The van der Waals surface area contributed by atoms with Gasteiger partial charge in [-0.25, -0.2) is 22.9 Å². The number of benzene rings is 2. The largest absolute Gasteiger partial charge is 0.462 e. The average Bonchev–Trinajstić information content (AvgIpc) is 3.37. The molecule has 234 valence electrons. The normalized spacial score (nSPS) is 17.0. The summed E-state index contributed by atoms with van der Waals surface area (Å²) in [6, 6.07) is 14.6. The summed E-state index contributed by atoms with van der Waals surface area (Å²) >= 11 is 6.05. The molecule has 4 aromatic rings. The number of carbonyl (C=O) groups is 1. The maximum atomic E-state index is 13.7. The smallest absolute Gasteiger partial charge is 0.343 e. The van der Waals surface area contributed by atoms with Crippen molar-refractivity contribution in [3.63, 3.8) is 0 Å². The van der Waals surface area contributed by atoms with Gasteiger partial charge >= 0.3 is 5.97 Å². The second-order valence-electron chi connectivity index (χ2n) is 11.3. The predicted molar refractivity (Wildman–Crippen MR) is 173 cm³/mol. The highest BCUT2D eigenvalue weighted by atomic mass is 35.5. The number of sulfonamides is 1. The van der Waals surface area contributed by atoms with Gasteiger partial charge in [0.05, 0.1) is 12.1 Å². The lowest BCUT2D eigenvalue weighted by molar-refractivity contribution is 0.0520. The van der Waals surface area contributed by atoms with Gasteiger partial charge < -0.3 is 19.4 Å². The van der Waals surface area contributed by atoms with Crippen LogP contribution in [0.4, 0.5) is 11.8 Å². The summed E-state index contributed by atoms with van der Waals surface area (Å²) in [6.07, 6.45) is 3.63. The highest BCUT2D eigenvalue weighted by Gasteiger charge is 2.35. The van der Waals surface area contributed by atoms with E-state index >= 15 is 0 Å². The summed E-state index contributed by atoms with van der Waals surface area (Å²) in [5, 5.41) is 4.93. The maximum Gasteiger partial charge on any atom is 0.343 e. The van der Waals surface area contributed by atoms with Crippen molar-refractivity contribution in [2.75, 3.05) is 44.0 Å². The number of nitrogens with one attached hydrogen (secondary N) is 2. The monoisotopic (exact) mass is 639 g/mol. The van der Waals surface area contributed by atoms with Crippen LogP contribution in [0.25, 0.3) is 22.2 Å². The molecular formula is C32H38ClN5O5S. The van der Waals surface area contributed by atoms with E-state index in [1.54, 1.807) is 38.1 Å². The Morgan fingerprint density at radius 3 is 2.34 bits per heavy atom. The fourth-order valence-corrected chi connectivity index (χ4v) is 7.29. The van der Waals surface area contributed by atoms with Gasteiger partial charge in [0.25, 0.3) is 0 Å². The fraction of sp³-hybridized carbons (Fsp3) is 0.406. The number of nitrogens with zero attached hydrogens (tertiary/aromatic N) is 3. The standard InChI is InChI=1S/C32H38ClN5O5S/c1-5-42-31(39)27-20(2)43-28(23-14-16-24(33)17-15-23)29(27)44(40,41)35-19-22-12-10-21(11-13-22)18-34-32-36-26-9-7-6-8-25(26)30(37-32)38(3)4/h6-9,14-17,21-22,35H,5,10-13,18-19H2,1-4H3,(H,34,36,37)/t21-,22-. The maximum absolute atomic E-state index is 13.7. The average molecular weight is 640 g/mol. The third-order valence-corrected chi connectivity index (χ3v) is 9.70. The molecule has 1 saturated carbocycles. The number of aromatic nitrogens is 2. The van der Waals surface area contributed by atoms with Gasteiger partial charge in [-0.2, -0.15) is 4.98 Å². The molecule has 0 unspecified atom stereocenters. The second-order valence-corrected chi connectivity index (χ2v) is 13.5. The third kappa shape index (κ3) is 7.00. The Bertz CT molecular complexity index is 1730. The van der Waals surface area contributed by atoms with Gasteiger partial charge in [-0.15, -0.1) is 0 Å². The Hall–Kier alpha value is -3.67. The molecule has 2 heterocycles. The molecule has 0 atom stereocenters. The number of rotatable bonds is 11. The number of furan rings is 1. The number of para-hydroxylation sites is 1. The number of ether oxygens (including phenoxy) is 1. The van der Waals surface area contributed by atoms with Crippen LogP contribution >= 0.6 is 11.6 Å². The molecule has 2 N–H and O–H groups in total. The molecule has 0 saturated heterocycles. The Morgan fingerprint density at radius 2 is 1.68 bits per heavy atom. The minimum Gasteiger partial charge on any atom is -0.462 e. The van der Waals surface area contributed by atoms with Crippen molar-refractivity contribution in [2.24, 2.45) is 11.8 Å². The predicted octanol–water partition coefficient (Wildman–Crippen LogP) is 6.29. The van der Waals surface area contributed by atoms with Crippen molar-refractivity contribution in [3.8, 4) is 11.3 Å². The van der Waals surface area contributed by atoms with Crippen molar-refractivity contribution in [1.82, 2.24) is 14.7 Å². The molecule has 0 radical (unpaired) electrons. The first-order valence-corrected chi connectivity index (χ1v) is 16.7. The third-order valence-electron chi connectivity index (χ3n) is 7.98. The number of carbonyl (C=O) groups excluding carboxylic acids is 1. The summed E-state index contributed by atoms with van der Waals surface area (Å²) in [5.41, 5.74) is 1.30. The molecule has 5 rings (SSSR count). The molecule has 2 aromatic heterocycles. The van der Waals surface area contributed by atoms with E-state index in [-0.39, 0.29) is 41.0 Å². The van der Waals surface area contributed by atoms with E-state index < -0.39 is 16.0 Å².